The number of fused-ring (bicyclic) bond motifs is 1. The van der Waals surface area contributed by atoms with Crippen molar-refractivity contribution in [2.45, 2.75) is 0 Å². The van der Waals surface area contributed by atoms with Crippen LogP contribution in [0.5, 0.6) is 5.75 Å². The van der Waals surface area contributed by atoms with E-state index < -0.39 is 0 Å². The number of ether oxygens (including phenoxy) is 1. The van der Waals surface area contributed by atoms with Gasteiger partial charge < -0.3 is 9.15 Å². The lowest BCUT2D eigenvalue weighted by molar-refractivity contribution is -0.120. The van der Waals surface area contributed by atoms with Gasteiger partial charge in [-0.2, -0.15) is 0 Å². The average Bonchev–Trinajstić information content (AvgIpc) is 2.50. The molecule has 0 spiro atoms. The first kappa shape index (κ1) is 6.91. The van der Waals surface area contributed by atoms with E-state index in [1.807, 2.05) is 12.1 Å². The maximum Gasteiger partial charge on any atom is 0.298 e. The van der Waals surface area contributed by atoms with Gasteiger partial charge in [-0.05, 0) is 24.3 Å². The Morgan fingerprint density at radius 3 is 3.08 bits per heavy atom. The molecule has 0 amide bonds. The molecule has 0 aromatic heterocycles. The third-order valence-corrected chi connectivity index (χ3v) is 1.62. The van der Waals surface area contributed by atoms with Crippen LogP contribution in [0.15, 0.2) is 34.9 Å². The Bertz CT molecular complexity index is 364. The van der Waals surface area contributed by atoms with Crippen LogP contribution >= 0.6 is 0 Å². The van der Waals surface area contributed by atoms with Crippen LogP contribution in [0, 0.1) is 0 Å². The highest BCUT2D eigenvalue weighted by Gasteiger charge is 2.11. The van der Waals surface area contributed by atoms with Crippen LogP contribution in [0.2, 0.25) is 0 Å². The molecule has 0 N–H and O–H groups in total. The van der Waals surface area contributed by atoms with Crippen molar-refractivity contribution in [2.24, 2.45) is 0 Å². The van der Waals surface area contributed by atoms with E-state index in [0.29, 0.717) is 18.0 Å². The monoisotopic (exact) mass is 162 g/mol. The minimum absolute atomic E-state index is 0.386. The molecule has 0 unspecified atom stereocenters. The Kier molecular flexibility index (Phi) is 1.55. The second-order valence-electron chi connectivity index (χ2n) is 2.31. The molecule has 1 aliphatic carbocycles. The van der Waals surface area contributed by atoms with E-state index >= 15 is 0 Å². The van der Waals surface area contributed by atoms with Crippen molar-refractivity contribution in [1.82, 2.24) is 0 Å². The quantitative estimate of drug-likeness (QED) is 0.633. The highest BCUT2D eigenvalue weighted by molar-refractivity contribution is 5.70. The van der Waals surface area contributed by atoms with E-state index in [4.69, 9.17) is 4.42 Å². The van der Waals surface area contributed by atoms with Crippen molar-refractivity contribution in [2.75, 3.05) is 0 Å². The summed E-state index contributed by atoms with van der Waals surface area (Å²) >= 11 is 0. The molecule has 2 aliphatic rings. The standard InChI is InChI=1S/C9H6O3/c10-6-12-8-4-3-7-2-1-5-11-9(7)8/h1-6H. The van der Waals surface area contributed by atoms with Crippen LogP contribution in [0.4, 0.5) is 0 Å². The maximum absolute atomic E-state index is 10.1. The molecule has 0 saturated heterocycles. The van der Waals surface area contributed by atoms with E-state index in [2.05, 4.69) is 4.74 Å². The Hall–Kier alpha value is -1.77. The van der Waals surface area contributed by atoms with Crippen molar-refractivity contribution in [1.29, 1.82) is 0 Å². The largest absolute Gasteiger partial charge is 0.460 e. The van der Waals surface area contributed by atoms with E-state index in [1.54, 1.807) is 18.4 Å². The van der Waals surface area contributed by atoms with Gasteiger partial charge in [0, 0.05) is 5.56 Å². The highest BCUT2D eigenvalue weighted by atomic mass is 16.5. The summed E-state index contributed by atoms with van der Waals surface area (Å²) in [7, 11) is 0. The van der Waals surface area contributed by atoms with Crippen molar-refractivity contribution in [3.63, 3.8) is 0 Å². The van der Waals surface area contributed by atoms with Crippen LogP contribution in [0.25, 0.3) is 11.3 Å². The van der Waals surface area contributed by atoms with Crippen LogP contribution in [-0.2, 0) is 4.79 Å². The first-order chi connectivity index (χ1) is 5.92. The zero-order valence-corrected chi connectivity index (χ0v) is 6.19. The number of hydrogen-bond acceptors (Lipinski definition) is 3. The third kappa shape index (κ3) is 0.955. The van der Waals surface area contributed by atoms with Gasteiger partial charge in [-0.15, -0.1) is 0 Å². The minimum atomic E-state index is 0.386. The Morgan fingerprint density at radius 2 is 2.25 bits per heavy atom. The summed E-state index contributed by atoms with van der Waals surface area (Å²) in [5.41, 5.74) is 0.925. The average molecular weight is 162 g/mol. The van der Waals surface area contributed by atoms with Gasteiger partial charge in [-0.25, -0.2) is 0 Å². The SMILES string of the molecule is O=COc1ccc2cccoc1-2. The van der Waals surface area contributed by atoms with Gasteiger partial charge in [0.25, 0.3) is 6.47 Å². The van der Waals surface area contributed by atoms with Crippen LogP contribution in [0.1, 0.15) is 0 Å². The molecule has 0 bridgehead atoms. The van der Waals surface area contributed by atoms with Gasteiger partial charge in [-0.1, -0.05) is 0 Å². The van der Waals surface area contributed by atoms with Crippen molar-refractivity contribution < 1.29 is 13.9 Å². The fourth-order valence-electron chi connectivity index (χ4n) is 1.11. The first-order valence-corrected chi connectivity index (χ1v) is 3.48. The summed E-state index contributed by atoms with van der Waals surface area (Å²) in [5.74, 6) is 1.06. The minimum Gasteiger partial charge on any atom is -0.460 e. The van der Waals surface area contributed by atoms with Gasteiger partial charge in [0.2, 0.25) is 0 Å². The van der Waals surface area contributed by atoms with Crippen molar-refractivity contribution in [3.8, 4) is 17.1 Å². The smallest absolute Gasteiger partial charge is 0.298 e. The van der Waals surface area contributed by atoms with Crippen LogP contribution in [0.3, 0.4) is 0 Å². The normalized spacial score (nSPS) is 10.0. The zero-order chi connectivity index (χ0) is 8.39. The van der Waals surface area contributed by atoms with E-state index in [9.17, 15) is 4.79 Å². The van der Waals surface area contributed by atoms with Gasteiger partial charge in [-0.3, -0.25) is 4.79 Å². The Balaban J connectivity index is 2.52. The molecule has 0 aromatic carbocycles. The predicted molar refractivity (Wildman–Crippen MR) is 42.0 cm³/mol. The molecule has 1 heterocycles. The summed E-state index contributed by atoms with van der Waals surface area (Å²) < 4.78 is 9.84. The van der Waals surface area contributed by atoms with E-state index in [0.717, 1.165) is 5.56 Å². The van der Waals surface area contributed by atoms with E-state index in [-0.39, 0.29) is 0 Å². The fraction of sp³-hybridized carbons (Fsp3) is 0. The number of rotatable bonds is 2. The lowest BCUT2D eigenvalue weighted by Gasteiger charge is -1.98. The summed E-state index contributed by atoms with van der Waals surface area (Å²) in [5, 5.41) is 0. The van der Waals surface area contributed by atoms with Gasteiger partial charge in [0.15, 0.2) is 11.5 Å². The molecule has 0 saturated carbocycles. The third-order valence-electron chi connectivity index (χ3n) is 1.62. The zero-order valence-electron chi connectivity index (χ0n) is 6.19. The topological polar surface area (TPSA) is 39.4 Å². The number of hydrogen-bond donors (Lipinski definition) is 0. The molecular formula is C9H6O3. The summed E-state index contributed by atoms with van der Waals surface area (Å²) in [4.78, 5) is 10.1. The number of carbonyl (C=O) groups is 1. The first-order valence-electron chi connectivity index (χ1n) is 3.48. The van der Waals surface area contributed by atoms with Gasteiger partial charge in [0.1, 0.15) is 0 Å². The fourth-order valence-corrected chi connectivity index (χ4v) is 1.11. The summed E-state index contributed by atoms with van der Waals surface area (Å²) in [6.07, 6.45) is 1.54. The molecule has 0 radical (unpaired) electrons. The second kappa shape index (κ2) is 2.70. The molecule has 0 atom stereocenters. The van der Waals surface area contributed by atoms with Crippen molar-refractivity contribution in [3.05, 3.63) is 30.5 Å². The lowest BCUT2D eigenvalue weighted by atomic mass is 10.2. The summed E-state index contributed by atoms with van der Waals surface area (Å²) in [6, 6.07) is 7.20. The van der Waals surface area contributed by atoms with E-state index in [1.165, 1.54) is 0 Å². The molecule has 2 rings (SSSR count). The molecule has 3 nitrogen and oxygen atoms in total. The second-order valence-corrected chi connectivity index (χ2v) is 2.31. The highest BCUT2D eigenvalue weighted by Crippen LogP contribution is 2.33. The molecule has 60 valence electrons. The predicted octanol–water partition coefficient (Wildman–Crippen LogP) is 1.92. The molecule has 12 heavy (non-hydrogen) atoms. The molecule has 0 aromatic rings. The number of carbonyl (C=O) groups excluding carboxylic acids is 1. The molecule has 0 fully saturated rings. The Labute approximate surface area is 68.9 Å². The molecular weight excluding hydrogens is 156 g/mol. The van der Waals surface area contributed by atoms with Crippen LogP contribution in [-0.4, -0.2) is 6.47 Å². The lowest BCUT2D eigenvalue weighted by Crippen LogP contribution is -1.87. The van der Waals surface area contributed by atoms with Crippen molar-refractivity contribution >= 4 is 6.47 Å². The summed E-state index contributed by atoms with van der Waals surface area (Å²) in [6.45, 7) is 0.386. The Morgan fingerprint density at radius 1 is 1.33 bits per heavy atom. The van der Waals surface area contributed by atoms with Gasteiger partial charge in [0.05, 0.1) is 6.26 Å². The van der Waals surface area contributed by atoms with Crippen LogP contribution < -0.4 is 4.74 Å². The van der Waals surface area contributed by atoms with Gasteiger partial charge >= 0.3 is 0 Å². The molecule has 3 heteroatoms. The molecule has 1 aliphatic heterocycles. The maximum atomic E-state index is 10.1.